The van der Waals surface area contributed by atoms with Crippen molar-refractivity contribution >= 4 is 29.3 Å². The molecule has 2 aromatic rings. The Kier molecular flexibility index (Phi) is 5.96. The first-order chi connectivity index (χ1) is 9.77. The molecule has 0 saturated heterocycles. The van der Waals surface area contributed by atoms with Gasteiger partial charge in [-0.25, -0.2) is 0 Å². The van der Waals surface area contributed by atoms with Crippen LogP contribution in [-0.4, -0.2) is 18.2 Å². The van der Waals surface area contributed by atoms with E-state index in [1.54, 1.807) is 23.9 Å². The summed E-state index contributed by atoms with van der Waals surface area (Å²) in [6.07, 6.45) is 0.926. The van der Waals surface area contributed by atoms with E-state index in [2.05, 4.69) is 17.4 Å². The van der Waals surface area contributed by atoms with Crippen LogP contribution in [0.15, 0.2) is 59.5 Å². The number of hydrogen-bond donors (Lipinski definition) is 1. The highest BCUT2D eigenvalue weighted by Crippen LogP contribution is 2.17. The Balaban J connectivity index is 1.69. The second-order valence-electron chi connectivity index (χ2n) is 4.25. The van der Waals surface area contributed by atoms with Gasteiger partial charge in [-0.15, -0.1) is 11.8 Å². The summed E-state index contributed by atoms with van der Waals surface area (Å²) in [7, 11) is 0. The van der Waals surface area contributed by atoms with Crippen LogP contribution in [0, 0.1) is 0 Å². The second-order valence-corrected chi connectivity index (χ2v) is 5.83. The summed E-state index contributed by atoms with van der Waals surface area (Å²) in [6.45, 7) is 0.657. The molecule has 0 unspecified atom stereocenters. The molecule has 0 bridgehead atoms. The molecule has 0 spiro atoms. The topological polar surface area (TPSA) is 29.1 Å². The summed E-state index contributed by atoms with van der Waals surface area (Å²) < 4.78 is 0. The predicted molar refractivity (Wildman–Crippen MR) is 85.6 cm³/mol. The third-order valence-electron chi connectivity index (χ3n) is 2.74. The largest absolute Gasteiger partial charge is 0.352 e. The van der Waals surface area contributed by atoms with Crippen molar-refractivity contribution in [1.29, 1.82) is 0 Å². The molecule has 0 aliphatic rings. The van der Waals surface area contributed by atoms with Crippen molar-refractivity contribution < 1.29 is 4.79 Å². The van der Waals surface area contributed by atoms with Crippen molar-refractivity contribution in [2.24, 2.45) is 0 Å². The van der Waals surface area contributed by atoms with Crippen LogP contribution < -0.4 is 5.32 Å². The molecule has 20 heavy (non-hydrogen) atoms. The van der Waals surface area contributed by atoms with Crippen LogP contribution in [-0.2, 0) is 0 Å². The summed E-state index contributed by atoms with van der Waals surface area (Å²) in [5.41, 5.74) is 0.532. The third-order valence-corrected chi connectivity index (χ3v) is 4.16. The summed E-state index contributed by atoms with van der Waals surface area (Å²) >= 11 is 7.77. The molecule has 0 aromatic heterocycles. The Labute approximate surface area is 128 Å². The van der Waals surface area contributed by atoms with Crippen LogP contribution in [0.4, 0.5) is 0 Å². The Hall–Kier alpha value is -1.45. The van der Waals surface area contributed by atoms with Gasteiger partial charge in [0.15, 0.2) is 0 Å². The Morgan fingerprint density at radius 3 is 2.50 bits per heavy atom. The van der Waals surface area contributed by atoms with E-state index in [4.69, 9.17) is 11.6 Å². The molecule has 0 heterocycles. The van der Waals surface area contributed by atoms with Gasteiger partial charge in [-0.3, -0.25) is 4.79 Å². The van der Waals surface area contributed by atoms with Gasteiger partial charge in [-0.1, -0.05) is 41.9 Å². The van der Waals surface area contributed by atoms with E-state index >= 15 is 0 Å². The van der Waals surface area contributed by atoms with Crippen LogP contribution in [0.1, 0.15) is 16.8 Å². The smallest absolute Gasteiger partial charge is 0.252 e. The number of benzene rings is 2. The molecule has 0 fully saturated rings. The Morgan fingerprint density at radius 2 is 1.75 bits per heavy atom. The van der Waals surface area contributed by atoms with Crippen molar-refractivity contribution in [3.8, 4) is 0 Å². The average Bonchev–Trinajstić information content (AvgIpc) is 2.48. The van der Waals surface area contributed by atoms with E-state index < -0.39 is 0 Å². The van der Waals surface area contributed by atoms with E-state index in [1.807, 2.05) is 30.3 Å². The van der Waals surface area contributed by atoms with Gasteiger partial charge in [0.05, 0.1) is 10.6 Å². The van der Waals surface area contributed by atoms with Gasteiger partial charge in [0.25, 0.3) is 5.91 Å². The molecule has 0 aliphatic heterocycles. The molecule has 4 heteroatoms. The van der Waals surface area contributed by atoms with Crippen molar-refractivity contribution in [3.63, 3.8) is 0 Å². The molecule has 104 valence electrons. The summed E-state index contributed by atoms with van der Waals surface area (Å²) in [5.74, 6) is 0.868. The number of amides is 1. The minimum atomic E-state index is -0.111. The Bertz CT molecular complexity index is 559. The fourth-order valence-electron chi connectivity index (χ4n) is 1.72. The first-order valence-electron chi connectivity index (χ1n) is 6.48. The number of hydrogen-bond acceptors (Lipinski definition) is 2. The monoisotopic (exact) mass is 305 g/mol. The van der Waals surface area contributed by atoms with Gasteiger partial charge in [0, 0.05) is 11.4 Å². The molecule has 2 rings (SSSR count). The molecule has 1 N–H and O–H groups in total. The number of halogens is 1. The third kappa shape index (κ3) is 4.58. The lowest BCUT2D eigenvalue weighted by Crippen LogP contribution is -2.25. The van der Waals surface area contributed by atoms with Crippen LogP contribution in [0.5, 0.6) is 0 Å². The van der Waals surface area contributed by atoms with E-state index in [0.29, 0.717) is 17.1 Å². The zero-order valence-electron chi connectivity index (χ0n) is 11.0. The fraction of sp³-hybridized carbons (Fsp3) is 0.188. The summed E-state index contributed by atoms with van der Waals surface area (Å²) in [4.78, 5) is 13.2. The molecule has 2 nitrogen and oxygen atoms in total. The molecule has 0 radical (unpaired) electrons. The average molecular weight is 306 g/mol. The maximum atomic E-state index is 11.9. The number of carbonyl (C=O) groups excluding carboxylic acids is 1. The number of rotatable bonds is 6. The number of thioether (sulfide) groups is 1. The van der Waals surface area contributed by atoms with Gasteiger partial charge in [-0.05, 0) is 36.4 Å². The molecular weight excluding hydrogens is 290 g/mol. The SMILES string of the molecule is O=C(NCCCSc1ccccc1)c1ccccc1Cl. The maximum Gasteiger partial charge on any atom is 0.252 e. The highest BCUT2D eigenvalue weighted by molar-refractivity contribution is 7.99. The van der Waals surface area contributed by atoms with Gasteiger partial charge in [0.1, 0.15) is 0 Å². The molecule has 0 saturated carbocycles. The lowest BCUT2D eigenvalue weighted by Gasteiger charge is -2.06. The highest BCUT2D eigenvalue weighted by Gasteiger charge is 2.08. The predicted octanol–water partition coefficient (Wildman–Crippen LogP) is 4.25. The summed E-state index contributed by atoms with van der Waals surface area (Å²) in [5, 5.41) is 3.38. The van der Waals surface area contributed by atoms with Gasteiger partial charge >= 0.3 is 0 Å². The molecule has 0 aliphatic carbocycles. The van der Waals surface area contributed by atoms with Gasteiger partial charge < -0.3 is 5.32 Å². The lowest BCUT2D eigenvalue weighted by atomic mass is 10.2. The summed E-state index contributed by atoms with van der Waals surface area (Å²) in [6, 6.07) is 17.3. The molecule has 1 amide bonds. The quantitative estimate of drug-likeness (QED) is 0.638. The van der Waals surface area contributed by atoms with Gasteiger partial charge in [0.2, 0.25) is 0 Å². The Morgan fingerprint density at radius 1 is 1.05 bits per heavy atom. The van der Waals surface area contributed by atoms with Crippen LogP contribution in [0.25, 0.3) is 0 Å². The van der Waals surface area contributed by atoms with Gasteiger partial charge in [-0.2, -0.15) is 0 Å². The van der Waals surface area contributed by atoms with E-state index in [0.717, 1.165) is 12.2 Å². The van der Waals surface area contributed by atoms with Crippen LogP contribution in [0.2, 0.25) is 5.02 Å². The second kappa shape index (κ2) is 7.98. The molecular formula is C16H16ClNOS. The lowest BCUT2D eigenvalue weighted by molar-refractivity contribution is 0.0954. The van der Waals surface area contributed by atoms with Crippen molar-refractivity contribution in [1.82, 2.24) is 5.32 Å². The van der Waals surface area contributed by atoms with E-state index in [-0.39, 0.29) is 5.91 Å². The van der Waals surface area contributed by atoms with Crippen molar-refractivity contribution in [2.75, 3.05) is 12.3 Å². The minimum Gasteiger partial charge on any atom is -0.352 e. The fourth-order valence-corrected chi connectivity index (χ4v) is 2.82. The first-order valence-corrected chi connectivity index (χ1v) is 7.84. The molecule has 2 aromatic carbocycles. The minimum absolute atomic E-state index is 0.111. The van der Waals surface area contributed by atoms with Crippen LogP contribution in [0.3, 0.4) is 0 Å². The maximum absolute atomic E-state index is 11.9. The number of nitrogens with one attached hydrogen (secondary N) is 1. The zero-order valence-corrected chi connectivity index (χ0v) is 12.6. The highest BCUT2D eigenvalue weighted by atomic mass is 35.5. The van der Waals surface area contributed by atoms with Crippen molar-refractivity contribution in [3.05, 3.63) is 65.2 Å². The normalized spacial score (nSPS) is 10.2. The molecule has 0 atom stereocenters. The van der Waals surface area contributed by atoms with E-state index in [1.165, 1.54) is 4.90 Å². The van der Waals surface area contributed by atoms with Crippen molar-refractivity contribution in [2.45, 2.75) is 11.3 Å². The zero-order chi connectivity index (χ0) is 14.2. The van der Waals surface area contributed by atoms with E-state index in [9.17, 15) is 4.79 Å². The number of carbonyl (C=O) groups is 1. The first kappa shape index (κ1) is 14.9. The van der Waals surface area contributed by atoms with Crippen LogP contribution >= 0.6 is 23.4 Å². The standard InChI is InChI=1S/C16H16ClNOS/c17-15-10-5-4-9-14(15)16(19)18-11-6-12-20-13-7-2-1-3-8-13/h1-5,7-10H,6,11-12H2,(H,18,19).